The predicted octanol–water partition coefficient (Wildman–Crippen LogP) is 4.39. The SMILES string of the molecule is CCNC(=NCC1(CCO)CCCCC1)NCC(c1cccs1)N1CCCC1.I. The Kier molecular flexibility index (Phi) is 11.3. The highest BCUT2D eigenvalue weighted by Gasteiger charge is 2.31. The second-order valence-electron chi connectivity index (χ2n) is 8.38. The van der Waals surface area contributed by atoms with Crippen LogP contribution in [0.1, 0.15) is 69.2 Å². The third-order valence-electron chi connectivity index (χ3n) is 6.39. The highest BCUT2D eigenvalue weighted by molar-refractivity contribution is 14.0. The van der Waals surface area contributed by atoms with Crippen molar-refractivity contribution in [2.75, 3.05) is 39.3 Å². The van der Waals surface area contributed by atoms with Crippen LogP contribution in [0.3, 0.4) is 0 Å². The first-order valence-electron chi connectivity index (χ1n) is 11.2. The summed E-state index contributed by atoms with van der Waals surface area (Å²) in [6, 6.07) is 4.84. The number of aliphatic hydroxyl groups excluding tert-OH is 1. The molecule has 0 spiro atoms. The van der Waals surface area contributed by atoms with Crippen molar-refractivity contribution >= 4 is 41.3 Å². The van der Waals surface area contributed by atoms with Crippen LogP contribution in [-0.4, -0.2) is 55.3 Å². The lowest BCUT2D eigenvalue weighted by Gasteiger charge is -2.36. The van der Waals surface area contributed by atoms with Crippen molar-refractivity contribution in [1.82, 2.24) is 15.5 Å². The highest BCUT2D eigenvalue weighted by atomic mass is 127. The van der Waals surface area contributed by atoms with Gasteiger partial charge in [0.2, 0.25) is 0 Å². The average molecular weight is 535 g/mol. The molecule has 5 nitrogen and oxygen atoms in total. The van der Waals surface area contributed by atoms with Gasteiger partial charge in [0.15, 0.2) is 5.96 Å². The fraction of sp³-hybridized carbons (Fsp3) is 0.773. The second-order valence-corrected chi connectivity index (χ2v) is 9.36. The number of hydrogen-bond acceptors (Lipinski definition) is 4. The number of rotatable bonds is 9. The molecule has 2 fully saturated rings. The minimum absolute atomic E-state index is 0. The van der Waals surface area contributed by atoms with Gasteiger partial charge >= 0.3 is 0 Å². The Morgan fingerprint density at radius 2 is 1.97 bits per heavy atom. The first-order valence-corrected chi connectivity index (χ1v) is 12.0. The third-order valence-corrected chi connectivity index (χ3v) is 7.36. The number of aliphatic imine (C=N–C) groups is 1. The van der Waals surface area contributed by atoms with E-state index in [1.54, 1.807) is 0 Å². The normalized spacial score (nSPS) is 20.8. The fourth-order valence-corrected chi connectivity index (χ4v) is 5.61. The number of hydrogen-bond donors (Lipinski definition) is 3. The molecule has 1 aliphatic heterocycles. The van der Waals surface area contributed by atoms with E-state index in [0.717, 1.165) is 32.0 Å². The quantitative estimate of drug-likeness (QED) is 0.250. The van der Waals surface area contributed by atoms with Crippen LogP contribution in [0, 0.1) is 5.41 Å². The van der Waals surface area contributed by atoms with Gasteiger partial charge in [0.05, 0.1) is 6.04 Å². The summed E-state index contributed by atoms with van der Waals surface area (Å²) < 4.78 is 0. The van der Waals surface area contributed by atoms with Gasteiger partial charge in [-0.05, 0) is 69.0 Å². The van der Waals surface area contributed by atoms with E-state index in [-0.39, 0.29) is 36.0 Å². The topological polar surface area (TPSA) is 59.9 Å². The molecule has 1 aliphatic carbocycles. The molecule has 7 heteroatoms. The van der Waals surface area contributed by atoms with Gasteiger partial charge in [-0.2, -0.15) is 0 Å². The zero-order valence-corrected chi connectivity index (χ0v) is 21.0. The molecule has 29 heavy (non-hydrogen) atoms. The molecule has 3 rings (SSSR count). The van der Waals surface area contributed by atoms with E-state index in [1.807, 2.05) is 11.3 Å². The Labute approximate surface area is 197 Å². The number of halogens is 1. The Morgan fingerprint density at radius 3 is 2.59 bits per heavy atom. The van der Waals surface area contributed by atoms with E-state index in [9.17, 15) is 5.11 Å². The highest BCUT2D eigenvalue weighted by Crippen LogP contribution is 2.39. The molecule has 0 amide bonds. The largest absolute Gasteiger partial charge is 0.396 e. The van der Waals surface area contributed by atoms with Crippen molar-refractivity contribution in [1.29, 1.82) is 0 Å². The molecule has 2 aliphatic rings. The molecule has 3 N–H and O–H groups in total. The Hall–Kier alpha value is -0.380. The van der Waals surface area contributed by atoms with Crippen molar-refractivity contribution in [3.63, 3.8) is 0 Å². The van der Waals surface area contributed by atoms with Crippen molar-refractivity contribution < 1.29 is 5.11 Å². The first-order chi connectivity index (χ1) is 13.8. The van der Waals surface area contributed by atoms with Gasteiger partial charge in [-0.1, -0.05) is 25.3 Å². The van der Waals surface area contributed by atoms with Gasteiger partial charge in [0, 0.05) is 31.1 Å². The summed E-state index contributed by atoms with van der Waals surface area (Å²) in [5, 5.41) is 18.8. The maximum Gasteiger partial charge on any atom is 0.191 e. The van der Waals surface area contributed by atoms with Crippen LogP contribution in [0.4, 0.5) is 0 Å². The van der Waals surface area contributed by atoms with Crippen molar-refractivity contribution in [3.8, 4) is 0 Å². The number of aliphatic hydroxyl groups is 1. The number of nitrogens with one attached hydrogen (secondary N) is 2. The average Bonchev–Trinajstić information content (AvgIpc) is 3.42. The van der Waals surface area contributed by atoms with Crippen LogP contribution < -0.4 is 10.6 Å². The smallest absolute Gasteiger partial charge is 0.191 e. The second kappa shape index (κ2) is 13.1. The van der Waals surface area contributed by atoms with Crippen LogP contribution in [0.15, 0.2) is 22.5 Å². The van der Waals surface area contributed by atoms with Crippen LogP contribution >= 0.6 is 35.3 Å². The molecular formula is C22H39IN4OS. The molecule has 0 radical (unpaired) electrons. The van der Waals surface area contributed by atoms with Crippen LogP contribution in [-0.2, 0) is 0 Å². The summed E-state index contributed by atoms with van der Waals surface area (Å²) in [6.07, 6.45) is 9.75. The molecule has 0 aromatic carbocycles. The van der Waals surface area contributed by atoms with E-state index in [1.165, 1.54) is 62.9 Å². The summed E-state index contributed by atoms with van der Waals surface area (Å²) >= 11 is 1.86. The summed E-state index contributed by atoms with van der Waals surface area (Å²) in [4.78, 5) is 9.02. The fourth-order valence-electron chi connectivity index (χ4n) is 4.75. The Morgan fingerprint density at radius 1 is 1.21 bits per heavy atom. The monoisotopic (exact) mass is 534 g/mol. The zero-order chi connectivity index (χ0) is 19.7. The molecule has 1 saturated heterocycles. The number of nitrogens with zero attached hydrogens (tertiary/aromatic N) is 2. The minimum Gasteiger partial charge on any atom is -0.396 e. The van der Waals surface area contributed by atoms with Gasteiger partial charge in [0.1, 0.15) is 0 Å². The molecule has 1 saturated carbocycles. The van der Waals surface area contributed by atoms with E-state index < -0.39 is 0 Å². The van der Waals surface area contributed by atoms with Gasteiger partial charge < -0.3 is 15.7 Å². The zero-order valence-electron chi connectivity index (χ0n) is 17.9. The minimum atomic E-state index is 0. The number of thiophene rings is 1. The molecule has 166 valence electrons. The van der Waals surface area contributed by atoms with E-state index in [4.69, 9.17) is 4.99 Å². The summed E-state index contributed by atoms with van der Waals surface area (Å²) in [5.41, 5.74) is 0.192. The summed E-state index contributed by atoms with van der Waals surface area (Å²) in [5.74, 6) is 0.922. The van der Waals surface area contributed by atoms with Crippen LogP contribution in [0.5, 0.6) is 0 Å². The van der Waals surface area contributed by atoms with Crippen LogP contribution in [0.25, 0.3) is 0 Å². The summed E-state index contributed by atoms with van der Waals surface area (Å²) in [6.45, 7) is 7.35. The molecule has 1 aromatic rings. The summed E-state index contributed by atoms with van der Waals surface area (Å²) in [7, 11) is 0. The lowest BCUT2D eigenvalue weighted by Crippen LogP contribution is -2.43. The molecule has 1 aromatic heterocycles. The van der Waals surface area contributed by atoms with Crippen molar-refractivity contribution in [3.05, 3.63) is 22.4 Å². The van der Waals surface area contributed by atoms with Gasteiger partial charge in [-0.15, -0.1) is 35.3 Å². The number of guanidine groups is 1. The van der Waals surface area contributed by atoms with Gasteiger partial charge in [-0.3, -0.25) is 9.89 Å². The molecule has 1 atom stereocenters. The Balaban J connectivity index is 0.00000300. The van der Waals surface area contributed by atoms with Crippen LogP contribution in [0.2, 0.25) is 0 Å². The van der Waals surface area contributed by atoms with Crippen molar-refractivity contribution in [2.45, 2.75) is 64.3 Å². The van der Waals surface area contributed by atoms with E-state index >= 15 is 0 Å². The predicted molar refractivity (Wildman–Crippen MR) is 134 cm³/mol. The van der Waals surface area contributed by atoms with E-state index in [0.29, 0.717) is 6.04 Å². The molecule has 0 bridgehead atoms. The lowest BCUT2D eigenvalue weighted by molar-refractivity contribution is 0.137. The molecule has 1 unspecified atom stereocenters. The number of likely N-dealkylation sites (tertiary alicyclic amines) is 1. The van der Waals surface area contributed by atoms with Gasteiger partial charge in [-0.25, -0.2) is 0 Å². The lowest BCUT2D eigenvalue weighted by atomic mass is 9.72. The first kappa shape index (κ1) is 24.9. The third kappa shape index (κ3) is 7.36. The van der Waals surface area contributed by atoms with Crippen molar-refractivity contribution in [2.24, 2.45) is 10.4 Å². The Bertz CT molecular complexity index is 578. The molecule has 2 heterocycles. The maximum absolute atomic E-state index is 9.57. The molecular weight excluding hydrogens is 495 g/mol. The van der Waals surface area contributed by atoms with Gasteiger partial charge in [0.25, 0.3) is 0 Å². The maximum atomic E-state index is 9.57. The van der Waals surface area contributed by atoms with E-state index in [2.05, 4.69) is 40.0 Å². The standard InChI is InChI=1S/C22H38N4OS.HI/c1-2-23-21(25-18-22(12-15-27)10-4-3-5-11-22)24-17-19(20-9-8-16-28-20)26-13-6-7-14-26;/h8-9,16,19,27H,2-7,10-15,17-18H2,1H3,(H2,23,24,25);1H.